The Balaban J connectivity index is 1.63. The summed E-state index contributed by atoms with van der Waals surface area (Å²) in [5.41, 5.74) is 0.372. The Hall–Kier alpha value is -0.870. The third-order valence-electron chi connectivity index (χ3n) is 4.87. The molecular weight excluding hydrogens is 258 g/mol. The van der Waals surface area contributed by atoms with Gasteiger partial charge in [-0.15, -0.1) is 11.3 Å². The van der Waals surface area contributed by atoms with Crippen molar-refractivity contribution in [3.05, 3.63) is 21.9 Å². The first-order valence-electron chi connectivity index (χ1n) is 7.03. The number of amides is 1. The van der Waals surface area contributed by atoms with Crippen molar-refractivity contribution < 1.29 is 9.53 Å². The Kier molecular flexibility index (Phi) is 3.39. The number of rotatable bonds is 2. The minimum Gasteiger partial charge on any atom is -0.381 e. The van der Waals surface area contributed by atoms with Crippen LogP contribution in [0.2, 0.25) is 0 Å². The van der Waals surface area contributed by atoms with Crippen molar-refractivity contribution in [1.29, 1.82) is 0 Å². The number of nitrogens with zero attached hydrogens (tertiary/aromatic N) is 1. The normalized spacial score (nSPS) is 25.4. The summed E-state index contributed by atoms with van der Waals surface area (Å²) in [6.07, 6.45) is 5.08. The molecule has 1 aliphatic carbocycles. The summed E-state index contributed by atoms with van der Waals surface area (Å²) in [6.45, 7) is 3.81. The fourth-order valence-corrected chi connectivity index (χ4v) is 4.31. The molecule has 0 bridgehead atoms. The molecule has 1 atom stereocenters. The Morgan fingerprint density at radius 1 is 1.37 bits per heavy atom. The van der Waals surface area contributed by atoms with Gasteiger partial charge in [-0.25, -0.2) is 0 Å². The lowest BCUT2D eigenvalue weighted by Crippen LogP contribution is -2.53. The van der Waals surface area contributed by atoms with E-state index in [2.05, 4.69) is 0 Å². The molecule has 4 heteroatoms. The highest BCUT2D eigenvalue weighted by atomic mass is 32.1. The molecule has 19 heavy (non-hydrogen) atoms. The molecule has 1 unspecified atom stereocenters. The first kappa shape index (κ1) is 13.1. The fraction of sp³-hybridized carbons (Fsp3) is 0.667. The predicted molar refractivity (Wildman–Crippen MR) is 76.7 cm³/mol. The predicted octanol–water partition coefficient (Wildman–Crippen LogP) is 3.09. The van der Waals surface area contributed by atoms with E-state index in [0.29, 0.717) is 11.5 Å². The number of likely N-dealkylation sites (tertiary alicyclic amines) is 1. The van der Waals surface area contributed by atoms with Gasteiger partial charge < -0.3 is 9.64 Å². The van der Waals surface area contributed by atoms with Crippen LogP contribution in [0.3, 0.4) is 0 Å². The average molecular weight is 279 g/mol. The van der Waals surface area contributed by atoms with Crippen LogP contribution >= 0.6 is 11.3 Å². The number of carbonyl (C=O) groups is 1. The number of hydrogen-bond donors (Lipinski definition) is 0. The smallest absolute Gasteiger partial charge is 0.263 e. The van der Waals surface area contributed by atoms with E-state index in [1.54, 1.807) is 11.3 Å². The van der Waals surface area contributed by atoms with E-state index < -0.39 is 0 Å². The zero-order chi connectivity index (χ0) is 13.5. The lowest BCUT2D eigenvalue weighted by atomic mass is 9.61. The van der Waals surface area contributed by atoms with Crippen LogP contribution in [-0.2, 0) is 4.74 Å². The van der Waals surface area contributed by atoms with Crippen LogP contribution in [0, 0.1) is 12.3 Å². The summed E-state index contributed by atoms with van der Waals surface area (Å²) in [4.78, 5) is 16.5. The standard InChI is InChI=1S/C15H21NO2S/c1-11-3-4-12(19-11)14(17)16-9-7-15(8-10-16)6-5-13(15)18-2/h3-4,13H,5-10H2,1-2H3. The van der Waals surface area contributed by atoms with Gasteiger partial charge in [-0.3, -0.25) is 4.79 Å². The van der Waals surface area contributed by atoms with Gasteiger partial charge in [-0.2, -0.15) is 0 Å². The second kappa shape index (κ2) is 4.91. The molecule has 1 amide bonds. The van der Waals surface area contributed by atoms with Crippen LogP contribution in [0.1, 0.15) is 40.2 Å². The van der Waals surface area contributed by atoms with E-state index >= 15 is 0 Å². The second-order valence-electron chi connectivity index (χ2n) is 5.83. The lowest BCUT2D eigenvalue weighted by Gasteiger charge is -2.53. The molecule has 1 aromatic rings. The van der Waals surface area contributed by atoms with Gasteiger partial charge in [0.1, 0.15) is 0 Å². The fourth-order valence-electron chi connectivity index (χ4n) is 3.47. The third kappa shape index (κ3) is 2.21. The van der Waals surface area contributed by atoms with Crippen molar-refractivity contribution in [3.8, 4) is 0 Å². The second-order valence-corrected chi connectivity index (χ2v) is 7.12. The molecule has 104 valence electrons. The van der Waals surface area contributed by atoms with Gasteiger partial charge in [-0.05, 0) is 44.7 Å². The monoisotopic (exact) mass is 279 g/mol. The molecule has 2 heterocycles. The Labute approximate surface area is 118 Å². The van der Waals surface area contributed by atoms with E-state index in [-0.39, 0.29) is 5.91 Å². The minimum absolute atomic E-state index is 0.209. The van der Waals surface area contributed by atoms with Crippen LogP contribution < -0.4 is 0 Å². The average Bonchev–Trinajstić information content (AvgIpc) is 2.84. The maximum atomic E-state index is 12.4. The molecular formula is C15H21NO2S. The number of carbonyl (C=O) groups excluding carboxylic acids is 1. The molecule has 3 rings (SSSR count). The highest BCUT2D eigenvalue weighted by Gasteiger charge is 2.48. The van der Waals surface area contributed by atoms with E-state index in [0.717, 1.165) is 30.8 Å². The summed E-state index contributed by atoms with van der Waals surface area (Å²) in [5, 5.41) is 0. The van der Waals surface area contributed by atoms with E-state index in [1.807, 2.05) is 31.1 Å². The summed E-state index contributed by atoms with van der Waals surface area (Å²) in [5.74, 6) is 0.209. The molecule has 2 aliphatic rings. The molecule has 0 N–H and O–H groups in total. The topological polar surface area (TPSA) is 29.5 Å². The number of piperidine rings is 1. The molecule has 1 saturated heterocycles. The summed E-state index contributed by atoms with van der Waals surface area (Å²) >= 11 is 1.60. The van der Waals surface area contributed by atoms with Crippen LogP contribution in [0.25, 0.3) is 0 Å². The zero-order valence-corrected chi connectivity index (χ0v) is 12.5. The van der Waals surface area contributed by atoms with Crippen LogP contribution in [-0.4, -0.2) is 37.1 Å². The van der Waals surface area contributed by atoms with Crippen molar-refractivity contribution in [3.63, 3.8) is 0 Å². The van der Waals surface area contributed by atoms with Crippen molar-refractivity contribution in [1.82, 2.24) is 4.90 Å². The number of hydrogen-bond acceptors (Lipinski definition) is 3. The maximum Gasteiger partial charge on any atom is 0.263 e. The Morgan fingerprint density at radius 2 is 2.11 bits per heavy atom. The molecule has 1 spiro atoms. The van der Waals surface area contributed by atoms with Crippen LogP contribution in [0.4, 0.5) is 0 Å². The summed E-state index contributed by atoms with van der Waals surface area (Å²) in [7, 11) is 1.82. The molecule has 2 fully saturated rings. The van der Waals surface area contributed by atoms with Crippen LogP contribution in [0.5, 0.6) is 0 Å². The number of ether oxygens (including phenoxy) is 1. The highest BCUT2D eigenvalue weighted by Crippen LogP contribution is 2.50. The first-order valence-corrected chi connectivity index (χ1v) is 7.85. The quantitative estimate of drug-likeness (QED) is 0.832. The summed E-state index contributed by atoms with van der Waals surface area (Å²) < 4.78 is 5.56. The lowest BCUT2D eigenvalue weighted by molar-refractivity contribution is -0.116. The minimum atomic E-state index is 0.209. The van der Waals surface area contributed by atoms with Gasteiger partial charge in [-0.1, -0.05) is 0 Å². The molecule has 0 radical (unpaired) electrons. The number of methoxy groups -OCH3 is 1. The SMILES string of the molecule is COC1CCC12CCN(C(=O)c1ccc(C)s1)CC2. The van der Waals surface area contributed by atoms with Crippen molar-refractivity contribution in [2.75, 3.05) is 20.2 Å². The van der Waals surface area contributed by atoms with Crippen molar-refractivity contribution >= 4 is 17.2 Å². The van der Waals surface area contributed by atoms with E-state index in [9.17, 15) is 4.79 Å². The number of thiophene rings is 1. The zero-order valence-electron chi connectivity index (χ0n) is 11.6. The van der Waals surface area contributed by atoms with Gasteiger partial charge >= 0.3 is 0 Å². The van der Waals surface area contributed by atoms with Crippen LogP contribution in [0.15, 0.2) is 12.1 Å². The molecule has 1 saturated carbocycles. The number of aryl methyl sites for hydroxylation is 1. The van der Waals surface area contributed by atoms with E-state index in [1.165, 1.54) is 17.7 Å². The van der Waals surface area contributed by atoms with Gasteiger partial charge in [0.15, 0.2) is 0 Å². The Morgan fingerprint density at radius 3 is 2.58 bits per heavy atom. The largest absolute Gasteiger partial charge is 0.381 e. The highest BCUT2D eigenvalue weighted by molar-refractivity contribution is 7.13. The molecule has 3 nitrogen and oxygen atoms in total. The van der Waals surface area contributed by atoms with E-state index in [4.69, 9.17) is 4.74 Å². The van der Waals surface area contributed by atoms with Gasteiger partial charge in [0.2, 0.25) is 0 Å². The first-order chi connectivity index (χ1) is 9.14. The molecule has 0 aromatic carbocycles. The van der Waals surface area contributed by atoms with Crippen molar-refractivity contribution in [2.24, 2.45) is 5.41 Å². The Bertz CT molecular complexity index is 472. The van der Waals surface area contributed by atoms with Gasteiger partial charge in [0.05, 0.1) is 11.0 Å². The summed E-state index contributed by atoms with van der Waals surface area (Å²) in [6, 6.07) is 3.98. The maximum absolute atomic E-state index is 12.4. The van der Waals surface area contributed by atoms with Gasteiger partial charge in [0.25, 0.3) is 5.91 Å². The van der Waals surface area contributed by atoms with Crippen molar-refractivity contribution in [2.45, 2.75) is 38.7 Å². The molecule has 1 aromatic heterocycles. The molecule has 1 aliphatic heterocycles. The van der Waals surface area contributed by atoms with Gasteiger partial charge in [0, 0.05) is 30.5 Å². The third-order valence-corrected chi connectivity index (χ3v) is 5.86.